The first-order valence-electron chi connectivity index (χ1n) is 18.2. The van der Waals surface area contributed by atoms with E-state index in [1.807, 2.05) is 12.1 Å². The maximum absolute atomic E-state index is 5.15. The molecule has 0 saturated carbocycles. The van der Waals surface area contributed by atoms with Crippen LogP contribution in [0.25, 0.3) is 0 Å². The van der Waals surface area contributed by atoms with Gasteiger partial charge >= 0.3 is 334 Å². The minimum atomic E-state index is -1.70. The van der Waals surface area contributed by atoms with Crippen LogP contribution in [0.4, 0.5) is 0 Å². The molecule has 280 valence electrons. The van der Waals surface area contributed by atoms with Gasteiger partial charge in [-0.3, -0.25) is 0 Å². The Morgan fingerprint density at radius 2 is 1.10 bits per heavy atom. The number of allylic oxidation sites excluding steroid dienone is 2. The number of ether oxygens (including phenoxy) is 2. The zero-order chi connectivity index (χ0) is 38.8. The second kappa shape index (κ2) is 29.6. The molecule has 0 atom stereocenters. The number of benzene rings is 2. The quantitative estimate of drug-likeness (QED) is 0.0861. The molecule has 0 N–H and O–H groups in total. The third kappa shape index (κ3) is 49.2. The Hall–Kier alpha value is 1.23. The molecule has 0 saturated heterocycles. The van der Waals surface area contributed by atoms with Crippen LogP contribution in [0.5, 0.6) is 5.75 Å². The molecule has 0 spiro atoms. The van der Waals surface area contributed by atoms with Crippen molar-refractivity contribution in [2.75, 3.05) is 20.8 Å². The molecular weight excluding hydrogens is 1130 g/mol. The van der Waals surface area contributed by atoms with Crippen molar-refractivity contribution >= 4 is 91.9 Å². The van der Waals surface area contributed by atoms with Gasteiger partial charge in [0.1, 0.15) is 0 Å². The van der Waals surface area contributed by atoms with Gasteiger partial charge in [0.15, 0.2) is 0 Å². The van der Waals surface area contributed by atoms with E-state index in [-0.39, 0.29) is 0 Å². The van der Waals surface area contributed by atoms with E-state index < -0.39 is 91.9 Å². The summed E-state index contributed by atoms with van der Waals surface area (Å²) in [5.41, 5.74) is 2.99. The average Bonchev–Trinajstić information content (AvgIpc) is 2.94. The summed E-state index contributed by atoms with van der Waals surface area (Å²) < 4.78 is 19.4. The molecule has 2 nitrogen and oxygen atoms in total. The number of hydrogen-bond donors (Lipinski definition) is 0. The van der Waals surface area contributed by atoms with Gasteiger partial charge in [-0.1, -0.05) is 0 Å². The van der Waals surface area contributed by atoms with E-state index in [4.69, 9.17) is 15.9 Å². The van der Waals surface area contributed by atoms with Crippen molar-refractivity contribution in [3.8, 4) is 16.1 Å². The van der Waals surface area contributed by atoms with Crippen molar-refractivity contribution in [2.24, 2.45) is 0 Å². The summed E-state index contributed by atoms with van der Waals surface area (Å²) in [6.45, 7) is 4.61. The summed E-state index contributed by atoms with van der Waals surface area (Å²) in [5.74, 6) is 0.952. The van der Waals surface area contributed by atoms with Gasteiger partial charge in [0.25, 0.3) is 0 Å². The first-order valence-corrected chi connectivity index (χ1v) is 70.1. The Balaban J connectivity index is -0.000000555. The summed E-state index contributed by atoms with van der Waals surface area (Å²) in [7, 11) is 3.47. The van der Waals surface area contributed by atoms with Gasteiger partial charge in [-0.2, -0.15) is 0 Å². The summed E-state index contributed by atoms with van der Waals surface area (Å²) >= 11 is -7.89. The van der Waals surface area contributed by atoms with Crippen LogP contribution in [0, 0.1) is 10.4 Å². The third-order valence-corrected chi connectivity index (χ3v) is 25.0. The van der Waals surface area contributed by atoms with Crippen LogP contribution in [0.1, 0.15) is 30.4 Å². The van der Waals surface area contributed by atoms with Crippen molar-refractivity contribution in [3.63, 3.8) is 0 Å². The zero-order valence-corrected chi connectivity index (χ0v) is 49.7. The molecule has 49 heavy (non-hydrogen) atoms. The van der Waals surface area contributed by atoms with Gasteiger partial charge in [-0.15, -0.1) is 0 Å². The van der Waals surface area contributed by atoms with Gasteiger partial charge in [0, 0.05) is 0 Å². The summed E-state index contributed by atoms with van der Waals surface area (Å²) in [5, 5.41) is 0. The van der Waals surface area contributed by atoms with Crippen molar-refractivity contribution in [1.29, 1.82) is 0 Å². The van der Waals surface area contributed by atoms with Crippen LogP contribution in [0.2, 0.25) is 78.5 Å². The Labute approximate surface area is 328 Å². The maximum atomic E-state index is 5.15. The molecule has 0 fully saturated rings. The van der Waals surface area contributed by atoms with E-state index in [0.717, 1.165) is 12.4 Å². The standard InChI is InChI=1S/C8H9O.C7H13O.C7H7.C3H5.C2H.15CH3.5Sn/c1-7-3-5-8(9-2)6-4-7;1-3-4-5-6-7-8-2;1-7-5-3-2-4-6-7;1-3-2;1-2;;;;;;;;;;;;;;;;;;;;/h3-6H,1H2,2H3;1,3H,4-7H2,2H3;2-6H,1H2;3H,1-2H2;1H;15*1H3;;;;;. The fourth-order valence-corrected chi connectivity index (χ4v) is 17.2. The summed E-state index contributed by atoms with van der Waals surface area (Å²) in [4.78, 5) is 36.0. The van der Waals surface area contributed by atoms with Crippen LogP contribution in [-0.2, 0) is 13.6 Å². The molecule has 0 heterocycles. The van der Waals surface area contributed by atoms with Crippen molar-refractivity contribution in [2.45, 2.75) is 107 Å². The number of methoxy groups -OCH3 is 2. The van der Waals surface area contributed by atoms with Crippen LogP contribution in [0.15, 0.2) is 77.4 Å². The van der Waals surface area contributed by atoms with E-state index in [1.54, 1.807) is 14.2 Å². The third-order valence-electron chi connectivity index (χ3n) is 6.25. The Morgan fingerprint density at radius 1 is 0.653 bits per heavy atom. The molecule has 0 bridgehead atoms. The van der Waals surface area contributed by atoms with Crippen molar-refractivity contribution in [3.05, 3.63) is 88.5 Å². The zero-order valence-electron chi connectivity index (χ0n) is 35.5. The molecule has 0 aliphatic carbocycles. The number of hydrogen-bond acceptors (Lipinski definition) is 2. The van der Waals surface area contributed by atoms with E-state index >= 15 is 0 Å². The molecular formula is C42H80O2Sn5. The van der Waals surface area contributed by atoms with Gasteiger partial charge in [0.05, 0.1) is 0 Å². The van der Waals surface area contributed by atoms with Gasteiger partial charge in [-0.05, 0) is 0 Å². The molecule has 2 aromatic carbocycles. The summed E-state index contributed by atoms with van der Waals surface area (Å²) in [6, 6.07) is 19.3. The molecule has 2 aromatic rings. The van der Waals surface area contributed by atoms with E-state index in [1.165, 1.54) is 43.7 Å². The van der Waals surface area contributed by atoms with Crippen LogP contribution in [-0.4, -0.2) is 113 Å². The Kier molecular flexibility index (Phi) is 32.9. The molecule has 0 aliphatic heterocycles. The molecule has 0 aromatic heterocycles. The van der Waals surface area contributed by atoms with Gasteiger partial charge in [-0.25, -0.2) is 0 Å². The Bertz CT molecular complexity index is 1130. The van der Waals surface area contributed by atoms with Gasteiger partial charge in [0.2, 0.25) is 0 Å². The SMILES string of the molecule is C#[C][Sn]([CH3])([CH3])[CH3].C=C[CH2][Sn]([CH3])([CH3])[CH3].COCCCCC=[CH][Sn]([CH3])([CH3])[CH3].COc1ccc([CH2][Sn]([CH3])([CH3])[CH3])cc1.[CH3][Sn]([CH3])([CH3])[CH2]c1ccccc1. The molecule has 0 unspecified atom stereocenters. The van der Waals surface area contributed by atoms with E-state index in [9.17, 15) is 0 Å². The number of terminal acetylenes is 1. The van der Waals surface area contributed by atoms with Crippen LogP contribution in [0.3, 0.4) is 0 Å². The molecule has 7 heteroatoms. The molecule has 0 amide bonds. The predicted molar refractivity (Wildman–Crippen MR) is 242 cm³/mol. The first kappa shape index (κ1) is 54.6. The second-order valence-corrected chi connectivity index (χ2v) is 93.7. The van der Waals surface area contributed by atoms with Crippen molar-refractivity contribution < 1.29 is 9.47 Å². The topological polar surface area (TPSA) is 18.5 Å². The number of rotatable bonds is 13. The monoisotopic (exact) mass is 1220 g/mol. The van der Waals surface area contributed by atoms with E-state index in [2.05, 4.69) is 143 Å². The normalized spacial score (nSPS) is 11.6. The molecule has 0 radical (unpaired) electrons. The first-order chi connectivity index (χ1) is 22.3. The fourth-order valence-electron chi connectivity index (χ4n) is 3.94. The average molecular weight is 1210 g/mol. The second-order valence-electron chi connectivity index (χ2n) is 18.5. The van der Waals surface area contributed by atoms with Crippen molar-refractivity contribution in [1.82, 2.24) is 0 Å². The summed E-state index contributed by atoms with van der Waals surface area (Å²) in [6.07, 6.45) is 13.3. The minimum absolute atomic E-state index is 0.909. The molecule has 0 aliphatic rings. The fraction of sp³-hybridized carbons (Fsp3) is 0.571. The van der Waals surface area contributed by atoms with Gasteiger partial charge < -0.3 is 0 Å². The Morgan fingerprint density at radius 3 is 1.41 bits per heavy atom. The number of unbranched alkanes of at least 4 members (excludes halogenated alkanes) is 2. The van der Waals surface area contributed by atoms with Crippen LogP contribution < -0.4 is 4.74 Å². The van der Waals surface area contributed by atoms with E-state index in [0.29, 0.717) is 0 Å². The van der Waals surface area contributed by atoms with Crippen LogP contribution >= 0.6 is 0 Å². The molecule has 2 rings (SSSR count). The predicted octanol–water partition coefficient (Wildman–Crippen LogP) is 13.5.